The minimum Gasteiger partial charge on any atom is -0.338 e. The lowest BCUT2D eigenvalue weighted by molar-refractivity contribution is -0.132. The fourth-order valence-corrected chi connectivity index (χ4v) is 2.05. The molecular weight excluding hydrogens is 212 g/mol. The van der Waals surface area contributed by atoms with Crippen LogP contribution >= 0.6 is 0 Å². The summed E-state index contributed by atoms with van der Waals surface area (Å²) in [5.74, 6) is 0.597. The lowest BCUT2D eigenvalue weighted by Gasteiger charge is -2.22. The topological polar surface area (TPSA) is 46.3 Å². The number of nitrogens with zero attached hydrogens (tertiary/aromatic N) is 1. The van der Waals surface area contributed by atoms with Gasteiger partial charge in [0.05, 0.1) is 0 Å². The van der Waals surface area contributed by atoms with E-state index in [1.807, 2.05) is 30.0 Å². The number of benzene rings is 1. The van der Waals surface area contributed by atoms with Gasteiger partial charge in [-0.3, -0.25) is 4.79 Å². The third-order valence-corrected chi connectivity index (χ3v) is 3.32. The quantitative estimate of drug-likeness (QED) is 0.843. The largest absolute Gasteiger partial charge is 0.338 e. The molecule has 0 heterocycles. The van der Waals surface area contributed by atoms with Gasteiger partial charge in [-0.2, -0.15) is 0 Å². The molecular formula is C14H20N2O. The SMILES string of the molecule is CCN(Cc1ccccc1CN)C(=O)C1CC1. The molecule has 1 amide bonds. The monoisotopic (exact) mass is 232 g/mol. The van der Waals surface area contributed by atoms with Crippen LogP contribution in [0, 0.1) is 5.92 Å². The molecule has 1 aliphatic carbocycles. The summed E-state index contributed by atoms with van der Waals surface area (Å²) in [4.78, 5) is 14.0. The van der Waals surface area contributed by atoms with E-state index in [1.165, 1.54) is 5.56 Å². The van der Waals surface area contributed by atoms with E-state index in [0.29, 0.717) is 24.9 Å². The smallest absolute Gasteiger partial charge is 0.225 e. The van der Waals surface area contributed by atoms with Crippen molar-refractivity contribution in [2.45, 2.75) is 32.9 Å². The summed E-state index contributed by atoms with van der Waals surface area (Å²) in [6.45, 7) is 4.03. The normalized spacial score (nSPS) is 14.7. The van der Waals surface area contributed by atoms with E-state index in [2.05, 4.69) is 6.07 Å². The fourth-order valence-electron chi connectivity index (χ4n) is 2.05. The van der Waals surface area contributed by atoms with Crippen LogP contribution in [0.25, 0.3) is 0 Å². The van der Waals surface area contributed by atoms with E-state index in [-0.39, 0.29) is 0 Å². The van der Waals surface area contributed by atoms with Gasteiger partial charge in [0.25, 0.3) is 0 Å². The van der Waals surface area contributed by atoms with Gasteiger partial charge < -0.3 is 10.6 Å². The van der Waals surface area contributed by atoms with Crippen LogP contribution in [-0.4, -0.2) is 17.4 Å². The van der Waals surface area contributed by atoms with Gasteiger partial charge in [-0.1, -0.05) is 24.3 Å². The summed E-state index contributed by atoms with van der Waals surface area (Å²) < 4.78 is 0. The number of nitrogens with two attached hydrogens (primary N) is 1. The molecule has 3 nitrogen and oxygen atoms in total. The highest BCUT2D eigenvalue weighted by atomic mass is 16.2. The van der Waals surface area contributed by atoms with Gasteiger partial charge in [-0.15, -0.1) is 0 Å². The summed E-state index contributed by atoms with van der Waals surface area (Å²) in [5.41, 5.74) is 8.02. The minimum absolute atomic E-state index is 0.292. The minimum atomic E-state index is 0.292. The van der Waals surface area contributed by atoms with Crippen LogP contribution < -0.4 is 5.73 Å². The molecule has 0 saturated heterocycles. The average Bonchev–Trinajstić information content (AvgIpc) is 3.19. The molecule has 0 bridgehead atoms. The maximum Gasteiger partial charge on any atom is 0.225 e. The van der Waals surface area contributed by atoms with Gasteiger partial charge in [0.1, 0.15) is 0 Å². The molecule has 0 atom stereocenters. The van der Waals surface area contributed by atoms with Crippen LogP contribution in [0.2, 0.25) is 0 Å². The first-order valence-electron chi connectivity index (χ1n) is 6.32. The molecule has 1 aromatic carbocycles. The van der Waals surface area contributed by atoms with E-state index in [1.54, 1.807) is 0 Å². The molecule has 2 N–H and O–H groups in total. The highest BCUT2D eigenvalue weighted by molar-refractivity contribution is 5.81. The van der Waals surface area contributed by atoms with E-state index in [4.69, 9.17) is 5.73 Å². The standard InChI is InChI=1S/C14H20N2O/c1-2-16(14(17)11-7-8-11)10-13-6-4-3-5-12(13)9-15/h3-6,11H,2,7-10,15H2,1H3. The summed E-state index contributed by atoms with van der Waals surface area (Å²) in [5, 5.41) is 0. The first kappa shape index (κ1) is 12.1. The molecule has 17 heavy (non-hydrogen) atoms. The Kier molecular flexibility index (Phi) is 3.79. The molecule has 0 spiro atoms. The molecule has 0 aromatic heterocycles. The van der Waals surface area contributed by atoms with Crippen molar-refractivity contribution in [1.82, 2.24) is 4.90 Å². The number of rotatable bonds is 5. The van der Waals surface area contributed by atoms with Gasteiger partial charge in [0, 0.05) is 25.6 Å². The van der Waals surface area contributed by atoms with E-state index in [0.717, 1.165) is 24.9 Å². The van der Waals surface area contributed by atoms with Gasteiger partial charge in [0.2, 0.25) is 5.91 Å². The molecule has 2 rings (SSSR count). The molecule has 0 radical (unpaired) electrons. The average molecular weight is 232 g/mol. The van der Waals surface area contributed by atoms with Crippen LogP contribution in [0.1, 0.15) is 30.9 Å². The van der Waals surface area contributed by atoms with Crippen molar-refractivity contribution in [2.24, 2.45) is 11.7 Å². The molecule has 1 aromatic rings. The number of carbonyl (C=O) groups is 1. The van der Waals surface area contributed by atoms with Crippen LogP contribution in [0.15, 0.2) is 24.3 Å². The highest BCUT2D eigenvalue weighted by Gasteiger charge is 2.32. The summed E-state index contributed by atoms with van der Waals surface area (Å²) in [6.07, 6.45) is 2.13. The van der Waals surface area contributed by atoms with Crippen LogP contribution in [0.3, 0.4) is 0 Å². The van der Waals surface area contributed by atoms with Gasteiger partial charge in [-0.05, 0) is 30.9 Å². The Morgan fingerprint density at radius 1 is 1.35 bits per heavy atom. The number of hydrogen-bond acceptors (Lipinski definition) is 2. The zero-order chi connectivity index (χ0) is 12.3. The second-order valence-corrected chi connectivity index (χ2v) is 4.60. The molecule has 1 fully saturated rings. The molecule has 92 valence electrons. The summed E-state index contributed by atoms with van der Waals surface area (Å²) >= 11 is 0. The lowest BCUT2D eigenvalue weighted by Crippen LogP contribution is -2.32. The Bertz CT molecular complexity index is 399. The van der Waals surface area contributed by atoms with Gasteiger partial charge >= 0.3 is 0 Å². The molecule has 3 heteroatoms. The highest BCUT2D eigenvalue weighted by Crippen LogP contribution is 2.31. The third-order valence-electron chi connectivity index (χ3n) is 3.32. The van der Waals surface area contributed by atoms with E-state index < -0.39 is 0 Å². The van der Waals surface area contributed by atoms with Crippen molar-refractivity contribution in [1.29, 1.82) is 0 Å². The Labute approximate surface area is 103 Å². The van der Waals surface area contributed by atoms with Crippen molar-refractivity contribution in [2.75, 3.05) is 6.54 Å². The second kappa shape index (κ2) is 5.32. The Hall–Kier alpha value is -1.35. The van der Waals surface area contributed by atoms with Gasteiger partial charge in [0.15, 0.2) is 0 Å². The number of carbonyl (C=O) groups excluding carboxylic acids is 1. The molecule has 1 saturated carbocycles. The zero-order valence-electron chi connectivity index (χ0n) is 10.4. The first-order valence-corrected chi connectivity index (χ1v) is 6.32. The molecule has 1 aliphatic rings. The van der Waals surface area contributed by atoms with Crippen LogP contribution in [0.4, 0.5) is 0 Å². The van der Waals surface area contributed by atoms with Gasteiger partial charge in [-0.25, -0.2) is 0 Å². The lowest BCUT2D eigenvalue weighted by atomic mass is 10.1. The third kappa shape index (κ3) is 2.86. The second-order valence-electron chi connectivity index (χ2n) is 4.60. The molecule has 0 unspecified atom stereocenters. The Morgan fingerprint density at radius 2 is 2.00 bits per heavy atom. The predicted octanol–water partition coefficient (Wildman–Crippen LogP) is 1.90. The summed E-state index contributed by atoms with van der Waals surface area (Å²) in [6, 6.07) is 8.09. The predicted molar refractivity (Wildman–Crippen MR) is 68.1 cm³/mol. The summed E-state index contributed by atoms with van der Waals surface area (Å²) in [7, 11) is 0. The van der Waals surface area contributed by atoms with E-state index >= 15 is 0 Å². The van der Waals surface area contributed by atoms with Crippen molar-refractivity contribution in [3.8, 4) is 0 Å². The maximum absolute atomic E-state index is 12.0. The number of hydrogen-bond donors (Lipinski definition) is 1. The Balaban J connectivity index is 2.09. The van der Waals surface area contributed by atoms with E-state index in [9.17, 15) is 4.79 Å². The van der Waals surface area contributed by atoms with Crippen LogP contribution in [-0.2, 0) is 17.9 Å². The van der Waals surface area contributed by atoms with Crippen LogP contribution in [0.5, 0.6) is 0 Å². The van der Waals surface area contributed by atoms with Crippen molar-refractivity contribution in [3.63, 3.8) is 0 Å². The van der Waals surface area contributed by atoms with Crippen molar-refractivity contribution in [3.05, 3.63) is 35.4 Å². The number of amides is 1. The zero-order valence-corrected chi connectivity index (χ0v) is 10.4. The first-order chi connectivity index (χ1) is 8.26. The van der Waals surface area contributed by atoms with Crippen molar-refractivity contribution < 1.29 is 4.79 Å². The van der Waals surface area contributed by atoms with Crippen molar-refractivity contribution >= 4 is 5.91 Å². The Morgan fingerprint density at radius 3 is 2.53 bits per heavy atom. The maximum atomic E-state index is 12.0. The fraction of sp³-hybridized carbons (Fsp3) is 0.500. The molecule has 0 aliphatic heterocycles.